The van der Waals surface area contributed by atoms with Crippen LogP contribution >= 0.6 is 11.6 Å². The molecule has 5 nitrogen and oxygen atoms in total. The Bertz CT molecular complexity index is 835. The van der Waals surface area contributed by atoms with Gasteiger partial charge < -0.3 is 16.0 Å². The lowest BCUT2D eigenvalue weighted by molar-refractivity contribution is 0.102. The summed E-state index contributed by atoms with van der Waals surface area (Å²) < 4.78 is 13.3. The molecule has 122 valence electrons. The molecule has 1 aromatic carbocycles. The Balaban J connectivity index is 1.85. The van der Waals surface area contributed by atoms with Gasteiger partial charge in [-0.15, -0.1) is 0 Å². The molecule has 3 N–H and O–H groups in total. The number of amides is 1. The molecule has 0 aliphatic carbocycles. The Morgan fingerprint density at radius 2 is 2.21 bits per heavy atom. The molecule has 2 heterocycles. The minimum Gasteiger partial charge on any atom is -0.386 e. The maximum atomic E-state index is 13.3. The highest BCUT2D eigenvalue weighted by Gasteiger charge is 2.14. The average Bonchev–Trinajstić information content (AvgIpc) is 2.59. The van der Waals surface area contributed by atoms with E-state index in [1.807, 2.05) is 18.4 Å². The van der Waals surface area contributed by atoms with Crippen molar-refractivity contribution in [1.82, 2.24) is 10.3 Å². The first-order valence-electron chi connectivity index (χ1n) is 7.22. The van der Waals surface area contributed by atoms with Crippen LogP contribution in [0.1, 0.15) is 10.4 Å². The third-order valence-electron chi connectivity index (χ3n) is 3.30. The number of carbonyl (C=O) groups excluding carboxylic acids is 1. The van der Waals surface area contributed by atoms with Crippen LogP contribution in [0.2, 0.25) is 5.15 Å². The number of pyridine rings is 1. The predicted octanol–water partition coefficient (Wildman–Crippen LogP) is 3.54. The van der Waals surface area contributed by atoms with E-state index in [-0.39, 0.29) is 10.7 Å². The smallest absolute Gasteiger partial charge is 0.255 e. The van der Waals surface area contributed by atoms with Crippen LogP contribution in [0.4, 0.5) is 15.8 Å². The van der Waals surface area contributed by atoms with Crippen LogP contribution in [-0.4, -0.2) is 17.4 Å². The number of rotatable bonds is 4. The Morgan fingerprint density at radius 3 is 2.96 bits per heavy atom. The van der Waals surface area contributed by atoms with Crippen molar-refractivity contribution in [2.45, 2.75) is 0 Å². The molecule has 0 atom stereocenters. The SMILES string of the molecule is O=C(Nc1c(NC2=CNCC=C2)ccnc1Cl)c1cccc(F)c1. The van der Waals surface area contributed by atoms with Crippen LogP contribution in [0.15, 0.2) is 60.6 Å². The van der Waals surface area contributed by atoms with E-state index >= 15 is 0 Å². The van der Waals surface area contributed by atoms with E-state index in [0.717, 1.165) is 18.3 Å². The second-order valence-electron chi connectivity index (χ2n) is 5.02. The topological polar surface area (TPSA) is 66.1 Å². The molecular weight excluding hydrogens is 331 g/mol. The van der Waals surface area contributed by atoms with Crippen LogP contribution in [0.5, 0.6) is 0 Å². The molecule has 7 heteroatoms. The first-order chi connectivity index (χ1) is 11.6. The third kappa shape index (κ3) is 3.72. The van der Waals surface area contributed by atoms with Crippen molar-refractivity contribution < 1.29 is 9.18 Å². The number of aromatic nitrogens is 1. The quantitative estimate of drug-likeness (QED) is 0.742. The summed E-state index contributed by atoms with van der Waals surface area (Å²) >= 11 is 6.12. The van der Waals surface area contributed by atoms with Crippen molar-refractivity contribution in [1.29, 1.82) is 0 Å². The van der Waals surface area contributed by atoms with Gasteiger partial charge in [-0.3, -0.25) is 4.79 Å². The van der Waals surface area contributed by atoms with Crippen LogP contribution in [0.3, 0.4) is 0 Å². The first-order valence-corrected chi connectivity index (χ1v) is 7.60. The zero-order valence-corrected chi connectivity index (χ0v) is 13.3. The highest BCUT2D eigenvalue weighted by Crippen LogP contribution is 2.30. The number of carbonyl (C=O) groups is 1. The molecule has 0 radical (unpaired) electrons. The van der Waals surface area contributed by atoms with Crippen LogP contribution in [-0.2, 0) is 0 Å². The molecule has 1 aliphatic rings. The fourth-order valence-corrected chi connectivity index (χ4v) is 2.38. The molecule has 0 saturated heterocycles. The van der Waals surface area contributed by atoms with Crippen molar-refractivity contribution in [3.05, 3.63) is 77.1 Å². The van der Waals surface area contributed by atoms with Gasteiger partial charge in [0.1, 0.15) is 11.5 Å². The normalized spacial score (nSPS) is 13.0. The molecule has 0 bridgehead atoms. The van der Waals surface area contributed by atoms with Crippen molar-refractivity contribution in [3.63, 3.8) is 0 Å². The van der Waals surface area contributed by atoms with Crippen LogP contribution < -0.4 is 16.0 Å². The summed E-state index contributed by atoms with van der Waals surface area (Å²) in [6.07, 6.45) is 7.20. The maximum absolute atomic E-state index is 13.3. The summed E-state index contributed by atoms with van der Waals surface area (Å²) in [6.45, 7) is 0.755. The lowest BCUT2D eigenvalue weighted by Crippen LogP contribution is -2.16. The van der Waals surface area contributed by atoms with Gasteiger partial charge in [0.25, 0.3) is 5.91 Å². The van der Waals surface area contributed by atoms with Crippen molar-refractivity contribution >= 4 is 28.9 Å². The number of anilines is 2. The molecule has 1 aromatic heterocycles. The zero-order valence-electron chi connectivity index (χ0n) is 12.5. The van der Waals surface area contributed by atoms with E-state index in [4.69, 9.17) is 11.6 Å². The average molecular weight is 345 g/mol. The number of hydrogen-bond acceptors (Lipinski definition) is 4. The summed E-state index contributed by atoms with van der Waals surface area (Å²) in [6, 6.07) is 7.11. The third-order valence-corrected chi connectivity index (χ3v) is 3.59. The molecule has 0 spiro atoms. The maximum Gasteiger partial charge on any atom is 0.255 e. The van der Waals surface area contributed by atoms with E-state index in [0.29, 0.717) is 11.4 Å². The van der Waals surface area contributed by atoms with Crippen molar-refractivity contribution in [2.24, 2.45) is 0 Å². The Hall–Kier alpha value is -2.86. The van der Waals surface area contributed by atoms with Gasteiger partial charge in [-0.05, 0) is 30.3 Å². The number of halogens is 2. The van der Waals surface area contributed by atoms with Crippen molar-refractivity contribution in [3.8, 4) is 0 Å². The summed E-state index contributed by atoms with van der Waals surface area (Å²) in [5.74, 6) is -0.958. The number of hydrogen-bond donors (Lipinski definition) is 3. The predicted molar refractivity (Wildman–Crippen MR) is 92.4 cm³/mol. The van der Waals surface area contributed by atoms with Gasteiger partial charge >= 0.3 is 0 Å². The van der Waals surface area contributed by atoms with Crippen LogP contribution in [0.25, 0.3) is 0 Å². The molecule has 2 aromatic rings. The van der Waals surface area contributed by atoms with Gasteiger partial charge in [0.05, 0.1) is 11.4 Å². The highest BCUT2D eigenvalue weighted by atomic mass is 35.5. The monoisotopic (exact) mass is 344 g/mol. The van der Waals surface area contributed by atoms with Gasteiger partial charge in [0, 0.05) is 24.5 Å². The van der Waals surface area contributed by atoms with Gasteiger partial charge in [0.15, 0.2) is 5.15 Å². The summed E-state index contributed by atoms with van der Waals surface area (Å²) in [4.78, 5) is 16.3. The fraction of sp³-hybridized carbons (Fsp3) is 0.0588. The number of nitrogens with zero attached hydrogens (tertiary/aromatic N) is 1. The number of dihydropyridines is 1. The number of nitrogens with one attached hydrogen (secondary N) is 3. The lowest BCUT2D eigenvalue weighted by atomic mass is 10.2. The van der Waals surface area contributed by atoms with E-state index in [9.17, 15) is 9.18 Å². The summed E-state index contributed by atoms with van der Waals surface area (Å²) in [5.41, 5.74) is 1.91. The number of allylic oxidation sites excluding steroid dienone is 1. The summed E-state index contributed by atoms with van der Waals surface area (Å²) in [7, 11) is 0. The molecule has 1 aliphatic heterocycles. The Labute approximate surface area is 143 Å². The molecule has 1 amide bonds. The van der Waals surface area contributed by atoms with E-state index < -0.39 is 11.7 Å². The Morgan fingerprint density at radius 1 is 1.33 bits per heavy atom. The first kappa shape index (κ1) is 16.0. The fourth-order valence-electron chi connectivity index (χ4n) is 2.18. The largest absolute Gasteiger partial charge is 0.386 e. The molecule has 24 heavy (non-hydrogen) atoms. The van der Waals surface area contributed by atoms with Gasteiger partial charge in [-0.1, -0.05) is 23.7 Å². The standard InChI is InChI=1S/C17H14ClFN4O/c18-16-15(23-17(24)11-3-1-4-12(19)9-11)14(6-8-21-16)22-13-5-2-7-20-10-13/h1-6,8-10,20H,7H2,(H,21,22)(H,23,24). The van der Waals surface area contributed by atoms with E-state index in [2.05, 4.69) is 20.9 Å². The molecule has 3 rings (SSSR count). The second kappa shape index (κ2) is 7.14. The van der Waals surface area contributed by atoms with Gasteiger partial charge in [0.2, 0.25) is 0 Å². The van der Waals surface area contributed by atoms with E-state index in [1.165, 1.54) is 24.4 Å². The van der Waals surface area contributed by atoms with Gasteiger partial charge in [-0.25, -0.2) is 9.37 Å². The van der Waals surface area contributed by atoms with Crippen molar-refractivity contribution in [2.75, 3.05) is 17.2 Å². The second-order valence-corrected chi connectivity index (χ2v) is 5.38. The molecule has 0 saturated carbocycles. The van der Waals surface area contributed by atoms with Gasteiger partial charge in [-0.2, -0.15) is 0 Å². The number of benzene rings is 1. The summed E-state index contributed by atoms with van der Waals surface area (Å²) in [5, 5.41) is 9.04. The zero-order chi connectivity index (χ0) is 16.9. The Kier molecular flexibility index (Phi) is 4.77. The minimum absolute atomic E-state index is 0.137. The molecule has 0 unspecified atom stereocenters. The molecular formula is C17H14ClFN4O. The highest BCUT2D eigenvalue weighted by molar-refractivity contribution is 6.33. The lowest BCUT2D eigenvalue weighted by Gasteiger charge is -2.16. The molecule has 0 fully saturated rings. The van der Waals surface area contributed by atoms with Crippen LogP contribution in [0, 0.1) is 5.82 Å². The van der Waals surface area contributed by atoms with E-state index in [1.54, 1.807) is 6.07 Å². The minimum atomic E-state index is -0.484.